The topological polar surface area (TPSA) is 89.3 Å². The van der Waals surface area contributed by atoms with Gasteiger partial charge in [-0.25, -0.2) is 0 Å². The van der Waals surface area contributed by atoms with Gasteiger partial charge in [-0.1, -0.05) is 42.5 Å². The third-order valence-corrected chi connectivity index (χ3v) is 3.79. The number of anilines is 1. The molecule has 0 bridgehead atoms. The van der Waals surface area contributed by atoms with Crippen LogP contribution in [0.3, 0.4) is 0 Å². The molecule has 23 heavy (non-hydrogen) atoms. The minimum Gasteiger partial charge on any atom is -0.326 e. The summed E-state index contributed by atoms with van der Waals surface area (Å²) in [5.41, 5.74) is 1.48. The number of benzene rings is 2. The molecule has 3 rings (SSSR count). The quantitative estimate of drug-likeness (QED) is 0.522. The average molecular weight is 310 g/mol. The third-order valence-electron chi connectivity index (χ3n) is 3.79. The lowest BCUT2D eigenvalue weighted by molar-refractivity contribution is -0.497. The molecule has 1 saturated carbocycles. The van der Waals surface area contributed by atoms with Crippen LogP contribution in [0.4, 0.5) is 5.69 Å². The molecule has 0 saturated heterocycles. The monoisotopic (exact) mass is 310 g/mol. The largest absolute Gasteiger partial charge is 0.326 e. The number of nitro groups is 1. The second-order valence-electron chi connectivity index (χ2n) is 5.46. The van der Waals surface area contributed by atoms with Crippen LogP contribution < -0.4 is 5.32 Å². The predicted molar refractivity (Wildman–Crippen MR) is 83.8 cm³/mol. The van der Waals surface area contributed by atoms with Gasteiger partial charge in [0, 0.05) is 28.2 Å². The fourth-order valence-electron chi connectivity index (χ4n) is 2.43. The summed E-state index contributed by atoms with van der Waals surface area (Å²) in [5, 5.41) is 13.2. The minimum absolute atomic E-state index is 0.142. The Bertz CT molecular complexity index is 773. The number of hydrogen-bond acceptors (Lipinski definition) is 4. The molecule has 0 radical (unpaired) electrons. The maximum absolute atomic E-state index is 12.4. The molecule has 1 aliphatic carbocycles. The zero-order valence-electron chi connectivity index (χ0n) is 12.1. The first-order valence-corrected chi connectivity index (χ1v) is 7.20. The smallest absolute Gasteiger partial charge is 0.234 e. The number of amides is 1. The molecule has 0 unspecified atom stereocenters. The molecule has 6 nitrogen and oxygen atoms in total. The third kappa shape index (κ3) is 3.26. The molecule has 1 N–H and O–H groups in total. The first-order chi connectivity index (χ1) is 11.1. The highest BCUT2D eigenvalue weighted by Gasteiger charge is 2.53. The van der Waals surface area contributed by atoms with Gasteiger partial charge in [-0.2, -0.15) is 0 Å². The van der Waals surface area contributed by atoms with Crippen LogP contribution in [0.2, 0.25) is 0 Å². The number of nitrogens with one attached hydrogen (secondary N) is 1. The van der Waals surface area contributed by atoms with Gasteiger partial charge in [0.25, 0.3) is 0 Å². The lowest BCUT2D eigenvalue weighted by Gasteiger charge is -2.06. The van der Waals surface area contributed by atoms with E-state index in [2.05, 4.69) is 5.32 Å². The van der Waals surface area contributed by atoms with Gasteiger partial charge in [-0.3, -0.25) is 19.7 Å². The van der Waals surface area contributed by atoms with Gasteiger partial charge >= 0.3 is 0 Å². The van der Waals surface area contributed by atoms with Gasteiger partial charge < -0.3 is 5.32 Å². The van der Waals surface area contributed by atoms with Gasteiger partial charge in [0.05, 0.1) is 0 Å². The van der Waals surface area contributed by atoms with Crippen LogP contribution in [-0.2, 0) is 4.79 Å². The van der Waals surface area contributed by atoms with Crippen LogP contribution in [0.25, 0.3) is 0 Å². The van der Waals surface area contributed by atoms with E-state index in [1.807, 2.05) is 6.07 Å². The lowest BCUT2D eigenvalue weighted by Crippen LogP contribution is -2.18. The molecule has 0 aliphatic heterocycles. The van der Waals surface area contributed by atoms with Crippen LogP contribution in [0.1, 0.15) is 22.3 Å². The van der Waals surface area contributed by atoms with Crippen molar-refractivity contribution in [3.8, 4) is 0 Å². The summed E-state index contributed by atoms with van der Waals surface area (Å²) in [6.45, 7) is 0. The Balaban J connectivity index is 1.72. The summed E-state index contributed by atoms with van der Waals surface area (Å²) >= 11 is 0. The predicted octanol–water partition coefficient (Wildman–Crippen LogP) is 2.52. The Hall–Kier alpha value is -3.02. The van der Waals surface area contributed by atoms with E-state index in [1.54, 1.807) is 48.5 Å². The van der Waals surface area contributed by atoms with Crippen LogP contribution >= 0.6 is 0 Å². The first kappa shape index (κ1) is 14.9. The second-order valence-corrected chi connectivity index (χ2v) is 5.46. The summed E-state index contributed by atoms with van der Waals surface area (Å²) in [7, 11) is 0. The Morgan fingerprint density at radius 1 is 1.04 bits per heavy atom. The maximum atomic E-state index is 12.4. The molecule has 2 atom stereocenters. The fourth-order valence-corrected chi connectivity index (χ4v) is 2.43. The highest BCUT2D eigenvalue weighted by Crippen LogP contribution is 2.34. The van der Waals surface area contributed by atoms with Crippen LogP contribution in [0.15, 0.2) is 54.6 Å². The van der Waals surface area contributed by atoms with Crippen LogP contribution in [-0.4, -0.2) is 22.7 Å². The minimum atomic E-state index is -0.788. The molecule has 0 spiro atoms. The van der Waals surface area contributed by atoms with E-state index in [0.717, 1.165) is 0 Å². The SMILES string of the molecule is O=C(c1ccccc1)c1cccc(NC(=O)[C@H]2C[C@H]2[N+](=O)[O-])c1. The molecule has 2 aromatic rings. The summed E-state index contributed by atoms with van der Waals surface area (Å²) in [6, 6.07) is 14.6. The molecule has 2 aromatic carbocycles. The molecule has 1 amide bonds. The summed E-state index contributed by atoms with van der Waals surface area (Å²) < 4.78 is 0. The van der Waals surface area contributed by atoms with Crippen molar-refractivity contribution < 1.29 is 14.5 Å². The van der Waals surface area contributed by atoms with Crippen molar-refractivity contribution in [2.24, 2.45) is 5.92 Å². The molecule has 0 aromatic heterocycles. The van der Waals surface area contributed by atoms with Crippen molar-refractivity contribution in [2.75, 3.05) is 5.32 Å². The average Bonchev–Trinajstić information content (AvgIpc) is 3.36. The Morgan fingerprint density at radius 3 is 2.39 bits per heavy atom. The first-order valence-electron chi connectivity index (χ1n) is 7.20. The van der Waals surface area contributed by atoms with E-state index in [1.165, 1.54) is 0 Å². The van der Waals surface area contributed by atoms with Gasteiger partial charge in [0.1, 0.15) is 5.92 Å². The number of rotatable bonds is 5. The second kappa shape index (κ2) is 6.00. The maximum Gasteiger partial charge on any atom is 0.234 e. The molecule has 1 fully saturated rings. The number of carbonyl (C=O) groups excluding carboxylic acids is 2. The number of carbonyl (C=O) groups is 2. The molecule has 6 heteroatoms. The Kier molecular flexibility index (Phi) is 3.89. The fraction of sp³-hybridized carbons (Fsp3) is 0.176. The number of hydrogen-bond donors (Lipinski definition) is 1. The molecule has 0 heterocycles. The van der Waals surface area contributed by atoms with Crippen molar-refractivity contribution in [1.82, 2.24) is 0 Å². The van der Waals surface area contributed by atoms with Gasteiger partial charge in [0.15, 0.2) is 5.78 Å². The van der Waals surface area contributed by atoms with Crippen LogP contribution in [0.5, 0.6) is 0 Å². The van der Waals surface area contributed by atoms with Crippen molar-refractivity contribution in [3.05, 3.63) is 75.8 Å². The number of ketones is 1. The zero-order valence-corrected chi connectivity index (χ0v) is 12.1. The van der Waals surface area contributed by atoms with Crippen molar-refractivity contribution in [2.45, 2.75) is 12.5 Å². The van der Waals surface area contributed by atoms with E-state index in [9.17, 15) is 19.7 Å². The molecule has 116 valence electrons. The summed E-state index contributed by atoms with van der Waals surface area (Å²) in [4.78, 5) is 34.5. The Labute approximate surface area is 132 Å². The highest BCUT2D eigenvalue weighted by atomic mass is 16.6. The summed E-state index contributed by atoms with van der Waals surface area (Å²) in [6.07, 6.45) is 0.265. The van der Waals surface area contributed by atoms with Crippen molar-refractivity contribution >= 4 is 17.4 Å². The van der Waals surface area contributed by atoms with E-state index in [4.69, 9.17) is 0 Å². The highest BCUT2D eigenvalue weighted by molar-refractivity contribution is 6.09. The van der Waals surface area contributed by atoms with E-state index in [0.29, 0.717) is 16.8 Å². The zero-order chi connectivity index (χ0) is 16.4. The molecular formula is C17H14N2O4. The van der Waals surface area contributed by atoms with Gasteiger partial charge in [-0.05, 0) is 12.1 Å². The van der Waals surface area contributed by atoms with Crippen LogP contribution in [0, 0.1) is 16.0 Å². The van der Waals surface area contributed by atoms with E-state index >= 15 is 0 Å². The van der Waals surface area contributed by atoms with Gasteiger partial charge in [0.2, 0.25) is 11.9 Å². The van der Waals surface area contributed by atoms with Crippen molar-refractivity contribution in [3.63, 3.8) is 0 Å². The van der Waals surface area contributed by atoms with E-state index in [-0.39, 0.29) is 18.1 Å². The summed E-state index contributed by atoms with van der Waals surface area (Å²) in [5.74, 6) is -1.11. The normalized spacial score (nSPS) is 19.0. The van der Waals surface area contributed by atoms with Gasteiger partial charge in [-0.15, -0.1) is 0 Å². The number of nitrogens with zero attached hydrogens (tertiary/aromatic N) is 1. The Morgan fingerprint density at radius 2 is 1.74 bits per heavy atom. The molecule has 1 aliphatic rings. The standard InChI is InChI=1S/C17H14N2O4/c20-16(11-5-2-1-3-6-11)12-7-4-8-13(9-12)18-17(21)14-10-15(14)19(22)23/h1-9,14-15H,10H2,(H,18,21)/t14-,15+/m0/s1. The van der Waals surface area contributed by atoms with Crippen molar-refractivity contribution in [1.29, 1.82) is 0 Å². The molecular weight excluding hydrogens is 296 g/mol. The van der Waals surface area contributed by atoms with E-state index < -0.39 is 16.9 Å². The lowest BCUT2D eigenvalue weighted by atomic mass is 10.0.